The summed E-state index contributed by atoms with van der Waals surface area (Å²) < 4.78 is 22.3. The molecular weight excluding hydrogens is 264 g/mol. The van der Waals surface area contributed by atoms with Crippen molar-refractivity contribution >= 4 is 10.0 Å². The van der Waals surface area contributed by atoms with E-state index in [-0.39, 0.29) is 10.9 Å². The zero-order valence-corrected chi connectivity index (χ0v) is 11.3. The largest absolute Gasteiger partial charge is 0.305 e. The Morgan fingerprint density at radius 2 is 2.00 bits per heavy atom. The predicted molar refractivity (Wildman–Crippen MR) is 71.7 cm³/mol. The lowest BCUT2D eigenvalue weighted by Gasteiger charge is -2.13. The minimum atomic E-state index is -3.63. The van der Waals surface area contributed by atoms with Crippen molar-refractivity contribution in [2.75, 3.05) is 0 Å². The fraction of sp³-hybridized carbons (Fsp3) is 0.250. The van der Waals surface area contributed by atoms with E-state index in [4.69, 9.17) is 5.14 Å². The summed E-state index contributed by atoms with van der Waals surface area (Å²) in [7, 11) is -3.63. The van der Waals surface area contributed by atoms with E-state index in [9.17, 15) is 8.42 Å². The van der Waals surface area contributed by atoms with E-state index in [2.05, 4.69) is 15.5 Å². The molecular formula is C12H16N4O2S. The second-order valence-electron chi connectivity index (χ2n) is 4.30. The van der Waals surface area contributed by atoms with Gasteiger partial charge in [0.25, 0.3) is 0 Å². The van der Waals surface area contributed by atoms with Crippen molar-refractivity contribution in [3.05, 3.63) is 47.8 Å². The van der Waals surface area contributed by atoms with Gasteiger partial charge in [-0.3, -0.25) is 5.10 Å². The number of nitrogens with zero attached hydrogens (tertiary/aromatic N) is 1. The van der Waals surface area contributed by atoms with E-state index < -0.39 is 10.0 Å². The first-order valence-corrected chi connectivity index (χ1v) is 7.36. The second-order valence-corrected chi connectivity index (χ2v) is 5.86. The normalized spacial score (nSPS) is 13.4. The molecule has 1 atom stereocenters. The van der Waals surface area contributed by atoms with E-state index in [0.29, 0.717) is 6.54 Å². The van der Waals surface area contributed by atoms with Crippen LogP contribution in [-0.2, 0) is 16.6 Å². The molecule has 1 aromatic heterocycles. The van der Waals surface area contributed by atoms with Crippen LogP contribution in [0, 0.1) is 0 Å². The Labute approximate surface area is 112 Å². The molecule has 1 heterocycles. The maximum atomic E-state index is 11.1. The number of nitrogens with one attached hydrogen (secondary N) is 2. The molecule has 6 nitrogen and oxygen atoms in total. The molecule has 1 aromatic carbocycles. The number of nitrogens with two attached hydrogens (primary N) is 1. The van der Waals surface area contributed by atoms with Gasteiger partial charge in [0, 0.05) is 24.5 Å². The average Bonchev–Trinajstić information content (AvgIpc) is 2.88. The molecule has 19 heavy (non-hydrogen) atoms. The summed E-state index contributed by atoms with van der Waals surface area (Å²) in [6.07, 6.45) is 1.70. The highest BCUT2D eigenvalue weighted by Gasteiger charge is 2.09. The number of hydrogen-bond acceptors (Lipinski definition) is 4. The first kappa shape index (κ1) is 13.7. The van der Waals surface area contributed by atoms with Crippen molar-refractivity contribution in [1.82, 2.24) is 15.5 Å². The highest BCUT2D eigenvalue weighted by atomic mass is 32.2. The lowest BCUT2D eigenvalue weighted by molar-refractivity contribution is 0.566. The maximum absolute atomic E-state index is 11.1. The van der Waals surface area contributed by atoms with Gasteiger partial charge >= 0.3 is 0 Å². The minimum absolute atomic E-state index is 0.0952. The van der Waals surface area contributed by atoms with Gasteiger partial charge < -0.3 is 5.32 Å². The molecule has 0 radical (unpaired) electrons. The van der Waals surface area contributed by atoms with Crippen molar-refractivity contribution in [3.63, 3.8) is 0 Å². The van der Waals surface area contributed by atoms with Crippen molar-refractivity contribution in [3.8, 4) is 0 Å². The molecule has 2 rings (SSSR count). The number of rotatable bonds is 5. The van der Waals surface area contributed by atoms with Gasteiger partial charge in [0.05, 0.1) is 4.90 Å². The van der Waals surface area contributed by atoms with Crippen LogP contribution < -0.4 is 10.5 Å². The smallest absolute Gasteiger partial charge is 0.238 e. The highest BCUT2D eigenvalue weighted by Crippen LogP contribution is 2.15. The zero-order chi connectivity index (χ0) is 13.9. The van der Waals surface area contributed by atoms with Crippen LogP contribution in [0.3, 0.4) is 0 Å². The van der Waals surface area contributed by atoms with Gasteiger partial charge in [0.15, 0.2) is 0 Å². The number of benzene rings is 1. The molecule has 0 saturated heterocycles. The van der Waals surface area contributed by atoms with Crippen molar-refractivity contribution < 1.29 is 8.42 Å². The number of sulfonamides is 1. The van der Waals surface area contributed by atoms with E-state index in [1.54, 1.807) is 18.3 Å². The highest BCUT2D eigenvalue weighted by molar-refractivity contribution is 7.89. The van der Waals surface area contributed by atoms with Crippen LogP contribution in [0.5, 0.6) is 0 Å². The lowest BCUT2D eigenvalue weighted by Crippen LogP contribution is -2.18. The summed E-state index contributed by atoms with van der Waals surface area (Å²) in [6, 6.07) is 8.52. The van der Waals surface area contributed by atoms with Crippen LogP contribution >= 0.6 is 0 Å². The minimum Gasteiger partial charge on any atom is -0.305 e. The molecule has 0 bridgehead atoms. The monoisotopic (exact) mass is 280 g/mol. The van der Waals surface area contributed by atoms with Gasteiger partial charge in [-0.1, -0.05) is 12.1 Å². The van der Waals surface area contributed by atoms with E-state index >= 15 is 0 Å². The molecule has 102 valence electrons. The van der Waals surface area contributed by atoms with Crippen LogP contribution in [0.4, 0.5) is 0 Å². The summed E-state index contributed by atoms with van der Waals surface area (Å²) in [5, 5.41) is 15.1. The molecule has 1 unspecified atom stereocenters. The number of aromatic nitrogens is 2. The summed E-state index contributed by atoms with van der Waals surface area (Å²) >= 11 is 0. The van der Waals surface area contributed by atoms with Gasteiger partial charge in [-0.25, -0.2) is 13.6 Å². The Morgan fingerprint density at radius 3 is 2.53 bits per heavy atom. The van der Waals surface area contributed by atoms with Crippen molar-refractivity contribution in [2.24, 2.45) is 5.14 Å². The molecule has 0 spiro atoms. The van der Waals surface area contributed by atoms with Gasteiger partial charge in [-0.05, 0) is 30.7 Å². The van der Waals surface area contributed by atoms with Crippen molar-refractivity contribution in [2.45, 2.75) is 24.4 Å². The Kier molecular flexibility index (Phi) is 3.98. The Balaban J connectivity index is 2.01. The summed E-state index contributed by atoms with van der Waals surface area (Å²) in [5.41, 5.74) is 1.99. The molecule has 2 aromatic rings. The SMILES string of the molecule is CC(NCc1ccn[nH]1)c1ccc(S(N)(=O)=O)cc1. The standard InChI is InChI=1S/C12H16N4O2S/c1-9(14-8-11-6-7-15-16-11)10-2-4-12(5-3-10)19(13,17)18/h2-7,9,14H,8H2,1H3,(H,15,16)(H2,13,17,18). The summed E-state index contributed by atoms with van der Waals surface area (Å²) in [6.45, 7) is 2.67. The van der Waals surface area contributed by atoms with E-state index in [0.717, 1.165) is 11.3 Å². The molecule has 7 heteroatoms. The second kappa shape index (κ2) is 5.52. The number of primary sulfonamides is 1. The third kappa shape index (κ3) is 3.63. The fourth-order valence-electron chi connectivity index (χ4n) is 1.71. The number of hydrogen-bond donors (Lipinski definition) is 3. The first-order chi connectivity index (χ1) is 8.97. The van der Waals surface area contributed by atoms with Crippen LogP contribution in [0.15, 0.2) is 41.4 Å². The van der Waals surface area contributed by atoms with Gasteiger partial charge in [0.2, 0.25) is 10.0 Å². The molecule has 0 aliphatic carbocycles. The molecule has 0 fully saturated rings. The fourth-order valence-corrected chi connectivity index (χ4v) is 2.23. The average molecular weight is 280 g/mol. The Morgan fingerprint density at radius 1 is 1.32 bits per heavy atom. The molecule has 4 N–H and O–H groups in total. The molecule has 0 aliphatic rings. The Bertz CT molecular complexity index is 620. The van der Waals surface area contributed by atoms with Crippen LogP contribution in [-0.4, -0.2) is 18.6 Å². The first-order valence-electron chi connectivity index (χ1n) is 5.81. The molecule has 0 amide bonds. The van der Waals surface area contributed by atoms with E-state index in [1.165, 1.54) is 12.1 Å². The lowest BCUT2D eigenvalue weighted by atomic mass is 10.1. The van der Waals surface area contributed by atoms with E-state index in [1.807, 2.05) is 13.0 Å². The number of aromatic amines is 1. The summed E-state index contributed by atoms with van der Waals surface area (Å²) in [4.78, 5) is 0.122. The Hall–Kier alpha value is -1.70. The predicted octanol–water partition coefficient (Wildman–Crippen LogP) is 0.908. The van der Waals surface area contributed by atoms with Crippen LogP contribution in [0.25, 0.3) is 0 Å². The molecule has 0 aliphatic heterocycles. The van der Waals surface area contributed by atoms with Gasteiger partial charge in [-0.15, -0.1) is 0 Å². The van der Waals surface area contributed by atoms with Gasteiger partial charge in [-0.2, -0.15) is 5.10 Å². The zero-order valence-electron chi connectivity index (χ0n) is 10.5. The topological polar surface area (TPSA) is 101 Å². The summed E-state index contributed by atoms with van der Waals surface area (Å²) in [5.74, 6) is 0. The maximum Gasteiger partial charge on any atom is 0.238 e. The third-order valence-electron chi connectivity index (χ3n) is 2.87. The number of H-pyrrole nitrogens is 1. The quantitative estimate of drug-likeness (QED) is 0.757. The molecule has 0 saturated carbocycles. The van der Waals surface area contributed by atoms with Crippen LogP contribution in [0.2, 0.25) is 0 Å². The van der Waals surface area contributed by atoms with Crippen LogP contribution in [0.1, 0.15) is 24.2 Å². The third-order valence-corrected chi connectivity index (χ3v) is 3.79. The van der Waals surface area contributed by atoms with Crippen molar-refractivity contribution in [1.29, 1.82) is 0 Å². The van der Waals surface area contributed by atoms with Gasteiger partial charge in [0.1, 0.15) is 0 Å².